The summed E-state index contributed by atoms with van der Waals surface area (Å²) in [6.07, 6.45) is 9.48. The Balaban J connectivity index is 4.84. The number of hydrogen-bond donors (Lipinski definition) is 2. The van der Waals surface area contributed by atoms with Crippen LogP contribution in [0.5, 0.6) is 0 Å². The van der Waals surface area contributed by atoms with Crippen molar-refractivity contribution in [1.82, 2.24) is 5.32 Å². The first kappa shape index (κ1) is 44.3. The lowest BCUT2D eigenvalue weighted by atomic mass is 10.0. The van der Waals surface area contributed by atoms with Gasteiger partial charge in [0.1, 0.15) is 6.61 Å². The Hall–Kier alpha value is -3.71. The molecule has 0 aliphatic rings. The van der Waals surface area contributed by atoms with Crippen LogP contribution in [0.4, 0.5) is 0 Å². The lowest BCUT2D eigenvalue weighted by molar-refractivity contribution is -0.203. The monoisotopic (exact) mass is 687 g/mol. The first-order chi connectivity index (χ1) is 22.7. The minimum absolute atomic E-state index is 0.238. The molecule has 0 fully saturated rings. The number of carbonyl (C=O) groups excluding carboxylic acids is 6. The molecule has 48 heavy (non-hydrogen) atoms. The highest BCUT2D eigenvalue weighted by atomic mass is 16.6. The fourth-order valence-corrected chi connectivity index (χ4v) is 5.11. The smallest absolute Gasteiger partial charge is 0.303 e. The highest BCUT2D eigenvalue weighted by Crippen LogP contribution is 2.21. The van der Waals surface area contributed by atoms with Gasteiger partial charge in [-0.1, -0.05) is 83.5 Å². The van der Waals surface area contributed by atoms with Crippen LogP contribution in [0, 0.1) is 0 Å². The second kappa shape index (κ2) is 27.3. The molecule has 0 aliphatic heterocycles. The second-order valence-electron chi connectivity index (χ2n) is 11.9. The van der Waals surface area contributed by atoms with Crippen molar-refractivity contribution in [3.63, 3.8) is 0 Å². The van der Waals surface area contributed by atoms with Gasteiger partial charge in [-0.15, -0.1) is 0 Å². The zero-order valence-electron chi connectivity index (χ0n) is 29.4. The van der Waals surface area contributed by atoms with Crippen molar-refractivity contribution < 1.29 is 62.4 Å². The summed E-state index contributed by atoms with van der Waals surface area (Å²) >= 11 is 0. The molecule has 0 aromatic carbocycles. The standard InChI is InChI=1S/C34H57NO13/c1-24(36)44-23-29(45-25(2)37)31(46-26(3)38)32(47-27(4)39)33(48-28(5)40)34(43)35-22-20-18-16-14-12-10-8-6-7-9-11-13-15-17-19-21-30(41)42/h29,31-33H,6-23H2,1-5H3,(H,35,43)(H,41,42)/t29-,31-,32+,33-/m1/s1. The number of aliphatic carboxylic acids is 1. The Morgan fingerprint density at radius 3 is 1.29 bits per heavy atom. The first-order valence-corrected chi connectivity index (χ1v) is 17.1. The third-order valence-electron chi connectivity index (χ3n) is 7.28. The summed E-state index contributed by atoms with van der Waals surface area (Å²) in [7, 11) is 0. The predicted molar refractivity (Wildman–Crippen MR) is 173 cm³/mol. The second-order valence-corrected chi connectivity index (χ2v) is 11.9. The number of carboxylic acid groups (broad SMARTS) is 1. The fraction of sp³-hybridized carbons (Fsp3) is 0.794. The van der Waals surface area contributed by atoms with Gasteiger partial charge in [-0.2, -0.15) is 0 Å². The van der Waals surface area contributed by atoms with Crippen molar-refractivity contribution in [2.45, 2.75) is 162 Å². The number of carbonyl (C=O) groups is 7. The molecule has 0 aliphatic carbocycles. The molecule has 0 heterocycles. The van der Waals surface area contributed by atoms with Crippen molar-refractivity contribution in [3.8, 4) is 0 Å². The van der Waals surface area contributed by atoms with Crippen LogP contribution in [0.1, 0.15) is 137 Å². The number of carboxylic acids is 1. The molecule has 0 saturated carbocycles. The first-order valence-electron chi connectivity index (χ1n) is 17.1. The van der Waals surface area contributed by atoms with Crippen LogP contribution in [0.3, 0.4) is 0 Å². The molecule has 0 aromatic rings. The van der Waals surface area contributed by atoms with Crippen molar-refractivity contribution in [3.05, 3.63) is 0 Å². The lowest BCUT2D eigenvalue weighted by Crippen LogP contribution is -2.57. The molecule has 0 rings (SSSR count). The maximum Gasteiger partial charge on any atom is 0.303 e. The van der Waals surface area contributed by atoms with Gasteiger partial charge in [0, 0.05) is 47.6 Å². The van der Waals surface area contributed by atoms with Gasteiger partial charge < -0.3 is 34.1 Å². The van der Waals surface area contributed by atoms with E-state index in [1.54, 1.807) is 0 Å². The lowest BCUT2D eigenvalue weighted by Gasteiger charge is -2.34. The van der Waals surface area contributed by atoms with E-state index in [-0.39, 0.29) is 13.0 Å². The van der Waals surface area contributed by atoms with Crippen LogP contribution < -0.4 is 5.32 Å². The van der Waals surface area contributed by atoms with E-state index in [1.807, 2.05) is 0 Å². The Morgan fingerprint density at radius 1 is 0.500 bits per heavy atom. The van der Waals surface area contributed by atoms with Gasteiger partial charge in [-0.3, -0.25) is 33.6 Å². The third-order valence-corrected chi connectivity index (χ3v) is 7.28. The summed E-state index contributed by atoms with van der Waals surface area (Å²) in [6.45, 7) is 4.92. The number of rotatable bonds is 28. The molecule has 4 atom stereocenters. The van der Waals surface area contributed by atoms with Gasteiger partial charge in [-0.25, -0.2) is 0 Å². The topological polar surface area (TPSA) is 198 Å². The molecule has 0 saturated heterocycles. The van der Waals surface area contributed by atoms with Crippen LogP contribution >= 0.6 is 0 Å². The largest absolute Gasteiger partial charge is 0.481 e. The molecule has 276 valence electrons. The number of ether oxygens (including phenoxy) is 5. The van der Waals surface area contributed by atoms with Crippen molar-refractivity contribution >= 4 is 41.7 Å². The maximum atomic E-state index is 13.3. The van der Waals surface area contributed by atoms with Crippen LogP contribution in [-0.4, -0.2) is 84.4 Å². The van der Waals surface area contributed by atoms with E-state index >= 15 is 0 Å². The third kappa shape index (κ3) is 24.5. The van der Waals surface area contributed by atoms with Crippen LogP contribution in [0.25, 0.3) is 0 Å². The molecular formula is C34H57NO13. The summed E-state index contributed by atoms with van der Waals surface area (Å²) in [5.41, 5.74) is 0. The predicted octanol–water partition coefficient (Wildman–Crippen LogP) is 4.72. The molecule has 0 radical (unpaired) electrons. The highest BCUT2D eigenvalue weighted by molar-refractivity contribution is 5.84. The molecule has 14 nitrogen and oxygen atoms in total. The highest BCUT2D eigenvalue weighted by Gasteiger charge is 2.46. The Kier molecular flexibility index (Phi) is 25.2. The summed E-state index contributed by atoms with van der Waals surface area (Å²) in [5.74, 6) is -5.80. The Labute approximate surface area is 284 Å². The minimum Gasteiger partial charge on any atom is -0.481 e. The Bertz CT molecular complexity index is 1000. The molecule has 1 amide bonds. The molecule has 0 unspecified atom stereocenters. The molecule has 0 spiro atoms. The van der Waals surface area contributed by atoms with Crippen LogP contribution in [-0.2, 0) is 57.2 Å². The number of nitrogens with one attached hydrogen (secondary N) is 1. The van der Waals surface area contributed by atoms with Gasteiger partial charge >= 0.3 is 35.8 Å². The summed E-state index contributed by atoms with van der Waals surface area (Å²) in [5, 5.41) is 11.3. The molecule has 2 N–H and O–H groups in total. The van der Waals surface area contributed by atoms with Crippen LogP contribution in [0.2, 0.25) is 0 Å². The summed E-state index contributed by atoms with van der Waals surface area (Å²) < 4.78 is 26.0. The minimum atomic E-state index is -1.78. The quantitative estimate of drug-likeness (QED) is 0.0651. The zero-order valence-corrected chi connectivity index (χ0v) is 29.4. The van der Waals surface area contributed by atoms with E-state index in [0.717, 1.165) is 79.6 Å². The average molecular weight is 688 g/mol. The molecular weight excluding hydrogens is 630 g/mol. The van der Waals surface area contributed by atoms with Gasteiger partial charge in [0.15, 0.2) is 18.3 Å². The maximum absolute atomic E-state index is 13.3. The van der Waals surface area contributed by atoms with Gasteiger partial charge in [0.2, 0.25) is 6.10 Å². The van der Waals surface area contributed by atoms with E-state index in [4.69, 9.17) is 28.8 Å². The normalized spacial score (nSPS) is 13.3. The van der Waals surface area contributed by atoms with E-state index in [1.165, 1.54) is 44.9 Å². The fourth-order valence-electron chi connectivity index (χ4n) is 5.11. The van der Waals surface area contributed by atoms with Gasteiger partial charge in [-0.05, 0) is 12.8 Å². The molecule has 0 aromatic heterocycles. The average Bonchev–Trinajstić information content (AvgIpc) is 2.98. The van der Waals surface area contributed by atoms with Gasteiger partial charge in [0.05, 0.1) is 0 Å². The van der Waals surface area contributed by atoms with Crippen molar-refractivity contribution in [1.29, 1.82) is 0 Å². The summed E-state index contributed by atoms with van der Waals surface area (Å²) in [4.78, 5) is 83.1. The van der Waals surface area contributed by atoms with E-state index in [9.17, 15) is 33.6 Å². The number of unbranched alkanes of at least 4 members (excludes halogenated alkanes) is 14. The van der Waals surface area contributed by atoms with E-state index < -0.39 is 72.7 Å². The van der Waals surface area contributed by atoms with Crippen molar-refractivity contribution in [2.24, 2.45) is 0 Å². The Morgan fingerprint density at radius 2 is 0.896 bits per heavy atom. The summed E-state index contributed by atoms with van der Waals surface area (Å²) in [6, 6.07) is 0. The number of esters is 5. The SMILES string of the molecule is CC(=O)OC[C@@H](OC(C)=O)[C@@H](OC(C)=O)[C@H](OC(C)=O)[C@@H](OC(C)=O)C(=O)NCCCCCCCCCCCCCCCCCC(=O)O. The van der Waals surface area contributed by atoms with Crippen molar-refractivity contribution in [2.75, 3.05) is 13.2 Å². The molecule has 14 heteroatoms. The van der Waals surface area contributed by atoms with Gasteiger partial charge in [0.25, 0.3) is 5.91 Å². The molecule has 0 bridgehead atoms. The number of hydrogen-bond acceptors (Lipinski definition) is 12. The van der Waals surface area contributed by atoms with E-state index in [0.29, 0.717) is 6.42 Å². The van der Waals surface area contributed by atoms with E-state index in [2.05, 4.69) is 5.32 Å². The van der Waals surface area contributed by atoms with Crippen LogP contribution in [0.15, 0.2) is 0 Å². The number of amides is 1. The zero-order chi connectivity index (χ0) is 36.3.